The summed E-state index contributed by atoms with van der Waals surface area (Å²) in [6.45, 7) is 0. The zero-order chi connectivity index (χ0) is 21.7. The second-order valence-corrected chi connectivity index (χ2v) is 6.00. The molecule has 2 aromatic carbocycles. The Morgan fingerprint density at radius 1 is 1.00 bits per heavy atom. The molecule has 31 heavy (non-hydrogen) atoms. The minimum absolute atomic E-state index is 0. The van der Waals surface area contributed by atoms with Crippen molar-refractivity contribution in [2.24, 2.45) is 5.10 Å². The molecule has 3 N–H and O–H groups in total. The Bertz CT molecular complexity index is 1140. The van der Waals surface area contributed by atoms with E-state index in [0.29, 0.717) is 34.0 Å². The smallest absolute Gasteiger partial charge is 0.271 e. The van der Waals surface area contributed by atoms with Crippen molar-refractivity contribution in [1.82, 2.24) is 5.43 Å². The molecule has 0 spiro atoms. The summed E-state index contributed by atoms with van der Waals surface area (Å²) in [6, 6.07) is 7.89. The van der Waals surface area contributed by atoms with Crippen molar-refractivity contribution < 1.29 is 33.6 Å². The van der Waals surface area contributed by atoms with E-state index < -0.39 is 5.91 Å². The van der Waals surface area contributed by atoms with Gasteiger partial charge < -0.3 is 28.8 Å². The average molecular weight is 430 g/mol. The van der Waals surface area contributed by atoms with E-state index in [9.17, 15) is 9.59 Å². The lowest BCUT2D eigenvalue weighted by atomic mass is 10.1. The normalized spacial score (nSPS) is 10.5. The van der Waals surface area contributed by atoms with Gasteiger partial charge in [-0.15, -0.1) is 0 Å². The molecule has 1 heterocycles. The van der Waals surface area contributed by atoms with Crippen LogP contribution in [-0.4, -0.2) is 46.0 Å². The summed E-state index contributed by atoms with van der Waals surface area (Å²) in [6.07, 6.45) is 2.48. The Kier molecular flexibility index (Phi) is 7.58. The van der Waals surface area contributed by atoms with Gasteiger partial charge >= 0.3 is 0 Å². The van der Waals surface area contributed by atoms with Crippen LogP contribution in [0.15, 0.2) is 50.9 Å². The molecule has 0 aliphatic rings. The fraction of sp³-hybridized carbons (Fsp3) is 0.190. The lowest BCUT2D eigenvalue weighted by Gasteiger charge is -2.13. The Morgan fingerprint density at radius 2 is 1.68 bits per heavy atom. The molecule has 0 saturated carbocycles. The predicted molar refractivity (Wildman–Crippen MR) is 114 cm³/mol. The number of methoxy groups -OCH3 is 4. The molecule has 0 fully saturated rings. The number of fused-ring (bicyclic) bond motifs is 1. The number of nitrogens with one attached hydrogen (secondary N) is 1. The van der Waals surface area contributed by atoms with Gasteiger partial charge in [0, 0.05) is 5.56 Å². The highest BCUT2D eigenvalue weighted by molar-refractivity contribution is 5.96. The first-order valence-electron chi connectivity index (χ1n) is 8.75. The van der Waals surface area contributed by atoms with Gasteiger partial charge in [-0.1, -0.05) is 0 Å². The van der Waals surface area contributed by atoms with Gasteiger partial charge in [-0.3, -0.25) is 9.59 Å². The molecular weight excluding hydrogens is 408 g/mol. The maximum atomic E-state index is 12.6. The largest absolute Gasteiger partial charge is 0.497 e. The number of ether oxygens (including phenoxy) is 4. The number of hydrazone groups is 1. The van der Waals surface area contributed by atoms with Crippen molar-refractivity contribution in [2.75, 3.05) is 28.4 Å². The van der Waals surface area contributed by atoms with E-state index in [1.165, 1.54) is 53.0 Å². The molecule has 0 aliphatic heterocycles. The second kappa shape index (κ2) is 10.1. The molecule has 1 amide bonds. The number of benzene rings is 2. The van der Waals surface area contributed by atoms with E-state index in [1.54, 1.807) is 18.2 Å². The van der Waals surface area contributed by atoms with E-state index in [2.05, 4.69) is 10.5 Å². The Morgan fingerprint density at radius 3 is 2.26 bits per heavy atom. The van der Waals surface area contributed by atoms with Gasteiger partial charge in [-0.05, 0) is 30.3 Å². The molecule has 10 nitrogen and oxygen atoms in total. The molecule has 164 valence electrons. The van der Waals surface area contributed by atoms with Crippen LogP contribution in [0.2, 0.25) is 0 Å². The topological polar surface area (TPSA) is 140 Å². The molecular formula is C21H22N2O8. The molecule has 0 atom stereocenters. The fourth-order valence-corrected chi connectivity index (χ4v) is 2.78. The van der Waals surface area contributed by atoms with Crippen LogP contribution in [0.25, 0.3) is 11.0 Å². The molecule has 0 aliphatic carbocycles. The van der Waals surface area contributed by atoms with Gasteiger partial charge in [0.2, 0.25) is 11.2 Å². The van der Waals surface area contributed by atoms with Crippen LogP contribution in [0.3, 0.4) is 0 Å². The predicted octanol–water partition coefficient (Wildman–Crippen LogP) is 1.77. The standard InChI is InChI=1S/C21H20N2O7.H2O/c1-26-14-5-6-16-15(9-14)19(24)13(11-30-16)10-22-23-21(25)12-7-17(27-2)20(29-4)18(8-12)28-3;/h5-11H,1-4H3,(H,23,25);1H2/b22-10+;. The summed E-state index contributed by atoms with van der Waals surface area (Å²) in [7, 11) is 5.87. The van der Waals surface area contributed by atoms with Gasteiger partial charge in [-0.2, -0.15) is 5.10 Å². The molecule has 3 rings (SSSR count). The number of amides is 1. The quantitative estimate of drug-likeness (QED) is 0.445. The minimum Gasteiger partial charge on any atom is -0.497 e. The van der Waals surface area contributed by atoms with Gasteiger partial charge in [0.15, 0.2) is 11.5 Å². The molecule has 0 radical (unpaired) electrons. The zero-order valence-corrected chi connectivity index (χ0v) is 17.3. The van der Waals surface area contributed by atoms with Crippen molar-refractivity contribution in [3.8, 4) is 23.0 Å². The molecule has 1 aromatic heterocycles. The third-order valence-electron chi connectivity index (χ3n) is 4.30. The molecule has 10 heteroatoms. The van der Waals surface area contributed by atoms with Crippen molar-refractivity contribution >= 4 is 23.1 Å². The van der Waals surface area contributed by atoms with Crippen LogP contribution in [-0.2, 0) is 0 Å². The monoisotopic (exact) mass is 430 g/mol. The molecule has 0 unspecified atom stereocenters. The van der Waals surface area contributed by atoms with Gasteiger partial charge in [0.1, 0.15) is 17.6 Å². The number of rotatable bonds is 7. The summed E-state index contributed by atoms with van der Waals surface area (Å²) >= 11 is 0. The third-order valence-corrected chi connectivity index (χ3v) is 4.30. The number of hydrogen-bond donors (Lipinski definition) is 1. The van der Waals surface area contributed by atoms with E-state index in [4.69, 9.17) is 23.4 Å². The highest BCUT2D eigenvalue weighted by atomic mass is 16.5. The lowest BCUT2D eigenvalue weighted by Crippen LogP contribution is -2.19. The fourth-order valence-electron chi connectivity index (χ4n) is 2.78. The first-order valence-corrected chi connectivity index (χ1v) is 8.75. The van der Waals surface area contributed by atoms with E-state index >= 15 is 0 Å². The molecule has 3 aromatic rings. The SMILES string of the molecule is COc1ccc2occ(/C=N/NC(=O)c3cc(OC)c(OC)c(OC)c3)c(=O)c2c1.O. The van der Waals surface area contributed by atoms with Crippen molar-refractivity contribution in [1.29, 1.82) is 0 Å². The summed E-state index contributed by atoms with van der Waals surface area (Å²) in [4.78, 5) is 25.1. The Balaban J connectivity index is 0.00000341. The maximum absolute atomic E-state index is 12.6. The first-order chi connectivity index (χ1) is 14.5. The number of carbonyl (C=O) groups is 1. The summed E-state index contributed by atoms with van der Waals surface area (Å²) < 4.78 is 26.3. The minimum atomic E-state index is -0.530. The second-order valence-electron chi connectivity index (χ2n) is 6.00. The molecule has 0 saturated heterocycles. The van der Waals surface area contributed by atoms with E-state index in [-0.39, 0.29) is 22.0 Å². The molecule has 0 bridgehead atoms. The first kappa shape index (κ1) is 23.2. The Labute approximate surface area is 177 Å². The van der Waals surface area contributed by atoms with Gasteiger partial charge in [0.25, 0.3) is 5.91 Å². The summed E-state index contributed by atoms with van der Waals surface area (Å²) in [5, 5.41) is 4.19. The zero-order valence-electron chi connectivity index (χ0n) is 17.3. The Hall–Kier alpha value is -4.05. The van der Waals surface area contributed by atoms with Crippen LogP contribution >= 0.6 is 0 Å². The summed E-state index contributed by atoms with van der Waals surface area (Å²) in [5.41, 5.74) is 2.87. The van der Waals surface area contributed by atoms with E-state index in [0.717, 1.165) is 0 Å². The van der Waals surface area contributed by atoms with Crippen LogP contribution < -0.4 is 29.8 Å². The van der Waals surface area contributed by atoms with Crippen LogP contribution in [0, 0.1) is 0 Å². The van der Waals surface area contributed by atoms with Crippen molar-refractivity contribution in [2.45, 2.75) is 0 Å². The van der Waals surface area contributed by atoms with Crippen LogP contribution in [0.4, 0.5) is 0 Å². The third kappa shape index (κ3) is 4.75. The van der Waals surface area contributed by atoms with Crippen molar-refractivity contribution in [3.63, 3.8) is 0 Å². The highest BCUT2D eigenvalue weighted by Gasteiger charge is 2.16. The summed E-state index contributed by atoms with van der Waals surface area (Å²) in [5.74, 6) is 1.02. The van der Waals surface area contributed by atoms with Crippen LogP contribution in [0.5, 0.6) is 23.0 Å². The maximum Gasteiger partial charge on any atom is 0.271 e. The number of nitrogens with zero attached hydrogens (tertiary/aromatic N) is 1. The number of carbonyl (C=O) groups excluding carboxylic acids is 1. The van der Waals surface area contributed by atoms with Gasteiger partial charge in [0.05, 0.1) is 45.6 Å². The van der Waals surface area contributed by atoms with Crippen molar-refractivity contribution in [3.05, 3.63) is 57.9 Å². The number of hydrogen-bond acceptors (Lipinski definition) is 8. The lowest BCUT2D eigenvalue weighted by molar-refractivity contribution is 0.0954. The average Bonchev–Trinajstić information content (AvgIpc) is 2.79. The van der Waals surface area contributed by atoms with Crippen LogP contribution in [0.1, 0.15) is 15.9 Å². The highest BCUT2D eigenvalue weighted by Crippen LogP contribution is 2.38. The van der Waals surface area contributed by atoms with E-state index in [1.807, 2.05) is 0 Å². The van der Waals surface area contributed by atoms with Gasteiger partial charge in [-0.25, -0.2) is 5.43 Å².